The van der Waals surface area contributed by atoms with Gasteiger partial charge in [-0.25, -0.2) is 4.39 Å². The number of ether oxygens (including phenoxy) is 1. The molecule has 2 nitrogen and oxygen atoms in total. The standard InChI is InChI=1S/C14H21ClFNO/c1-4-14(5-2,10-15)17-9-11-6-7-12(18-3)8-13(11)16/h6-8,17H,4-5,9-10H2,1-3H3. The third-order valence-corrected chi connectivity index (χ3v) is 4.04. The molecule has 0 aromatic heterocycles. The molecule has 0 atom stereocenters. The van der Waals surface area contributed by atoms with E-state index in [0.29, 0.717) is 23.7 Å². The Morgan fingerprint density at radius 2 is 2.00 bits per heavy atom. The summed E-state index contributed by atoms with van der Waals surface area (Å²) in [5.74, 6) is 0.806. The number of nitrogens with one attached hydrogen (secondary N) is 1. The monoisotopic (exact) mass is 273 g/mol. The van der Waals surface area contributed by atoms with Crippen molar-refractivity contribution in [2.24, 2.45) is 0 Å². The van der Waals surface area contributed by atoms with E-state index in [2.05, 4.69) is 19.2 Å². The predicted octanol–water partition coefficient (Wildman–Crippen LogP) is 3.72. The van der Waals surface area contributed by atoms with E-state index in [9.17, 15) is 4.39 Å². The summed E-state index contributed by atoms with van der Waals surface area (Å²) in [7, 11) is 1.53. The summed E-state index contributed by atoms with van der Waals surface area (Å²) in [5.41, 5.74) is 0.515. The molecule has 0 saturated carbocycles. The Kier molecular flexibility index (Phi) is 5.89. The van der Waals surface area contributed by atoms with Crippen LogP contribution in [-0.2, 0) is 6.54 Å². The first-order valence-corrected chi connectivity index (χ1v) is 6.77. The van der Waals surface area contributed by atoms with Gasteiger partial charge < -0.3 is 10.1 Å². The van der Waals surface area contributed by atoms with Crippen molar-refractivity contribution >= 4 is 11.6 Å². The van der Waals surface area contributed by atoms with Gasteiger partial charge in [-0.1, -0.05) is 19.9 Å². The molecule has 0 fully saturated rings. The molecular weight excluding hydrogens is 253 g/mol. The van der Waals surface area contributed by atoms with Gasteiger partial charge in [-0.15, -0.1) is 11.6 Å². The van der Waals surface area contributed by atoms with Gasteiger partial charge >= 0.3 is 0 Å². The maximum absolute atomic E-state index is 13.8. The second-order valence-corrected chi connectivity index (χ2v) is 4.70. The predicted molar refractivity (Wildman–Crippen MR) is 73.8 cm³/mol. The molecule has 1 N–H and O–H groups in total. The number of alkyl halides is 1. The van der Waals surface area contributed by atoms with E-state index in [1.54, 1.807) is 12.1 Å². The Bertz CT molecular complexity index is 372. The SMILES string of the molecule is CCC(CC)(CCl)NCc1ccc(OC)cc1F. The molecule has 18 heavy (non-hydrogen) atoms. The van der Waals surface area contributed by atoms with Crippen LogP contribution in [0.5, 0.6) is 5.75 Å². The maximum atomic E-state index is 13.8. The van der Waals surface area contributed by atoms with E-state index in [1.807, 2.05) is 0 Å². The molecule has 0 saturated heterocycles. The fraction of sp³-hybridized carbons (Fsp3) is 0.571. The lowest BCUT2D eigenvalue weighted by atomic mass is 9.95. The molecule has 0 spiro atoms. The van der Waals surface area contributed by atoms with Gasteiger partial charge in [0.1, 0.15) is 11.6 Å². The first-order valence-electron chi connectivity index (χ1n) is 6.24. The van der Waals surface area contributed by atoms with Crippen LogP contribution in [0.15, 0.2) is 18.2 Å². The summed E-state index contributed by atoms with van der Waals surface area (Å²) < 4.78 is 18.7. The number of methoxy groups -OCH3 is 1. The van der Waals surface area contributed by atoms with Gasteiger partial charge in [-0.05, 0) is 18.9 Å². The first-order chi connectivity index (χ1) is 8.60. The van der Waals surface area contributed by atoms with Gasteiger partial charge in [0.25, 0.3) is 0 Å². The highest BCUT2D eigenvalue weighted by Crippen LogP contribution is 2.20. The average molecular weight is 274 g/mol. The Hall–Kier alpha value is -0.800. The van der Waals surface area contributed by atoms with E-state index in [4.69, 9.17) is 16.3 Å². The Morgan fingerprint density at radius 3 is 2.44 bits per heavy atom. The minimum absolute atomic E-state index is 0.117. The molecule has 0 bridgehead atoms. The van der Waals surface area contributed by atoms with Gasteiger partial charge in [-0.3, -0.25) is 0 Å². The highest BCUT2D eigenvalue weighted by Gasteiger charge is 2.24. The van der Waals surface area contributed by atoms with Crippen molar-refractivity contribution < 1.29 is 9.13 Å². The smallest absolute Gasteiger partial charge is 0.131 e. The topological polar surface area (TPSA) is 21.3 Å². The van der Waals surface area contributed by atoms with Crippen molar-refractivity contribution in [3.05, 3.63) is 29.6 Å². The van der Waals surface area contributed by atoms with E-state index < -0.39 is 0 Å². The fourth-order valence-electron chi connectivity index (χ4n) is 1.82. The van der Waals surface area contributed by atoms with E-state index >= 15 is 0 Å². The average Bonchev–Trinajstić information content (AvgIpc) is 2.42. The summed E-state index contributed by atoms with van der Waals surface area (Å²) in [6.45, 7) is 4.65. The molecule has 0 aliphatic carbocycles. The minimum atomic E-state index is -0.252. The third-order valence-electron chi connectivity index (χ3n) is 3.52. The zero-order chi connectivity index (χ0) is 13.6. The Balaban J connectivity index is 2.73. The largest absolute Gasteiger partial charge is 0.497 e. The minimum Gasteiger partial charge on any atom is -0.497 e. The Morgan fingerprint density at radius 1 is 1.33 bits per heavy atom. The lowest BCUT2D eigenvalue weighted by molar-refractivity contribution is 0.331. The molecular formula is C14H21ClFNO. The van der Waals surface area contributed by atoms with Crippen LogP contribution in [0.2, 0.25) is 0 Å². The molecule has 4 heteroatoms. The number of hydrogen-bond acceptors (Lipinski definition) is 2. The van der Waals surface area contributed by atoms with Crippen molar-refractivity contribution in [1.82, 2.24) is 5.32 Å². The molecule has 1 aromatic carbocycles. The van der Waals surface area contributed by atoms with Crippen LogP contribution in [0.3, 0.4) is 0 Å². The fourth-order valence-corrected chi connectivity index (χ4v) is 2.29. The molecule has 0 amide bonds. The van der Waals surface area contributed by atoms with Crippen molar-refractivity contribution in [1.29, 1.82) is 0 Å². The molecule has 0 aliphatic rings. The van der Waals surface area contributed by atoms with Crippen molar-refractivity contribution in [2.45, 2.75) is 38.8 Å². The van der Waals surface area contributed by atoms with Gasteiger partial charge in [-0.2, -0.15) is 0 Å². The van der Waals surface area contributed by atoms with E-state index in [1.165, 1.54) is 13.2 Å². The highest BCUT2D eigenvalue weighted by atomic mass is 35.5. The van der Waals surface area contributed by atoms with Crippen LogP contribution >= 0.6 is 11.6 Å². The normalized spacial score (nSPS) is 11.6. The summed E-state index contributed by atoms with van der Waals surface area (Å²) in [5, 5.41) is 3.36. The van der Waals surface area contributed by atoms with Crippen LogP contribution in [-0.4, -0.2) is 18.5 Å². The maximum Gasteiger partial charge on any atom is 0.131 e. The van der Waals surface area contributed by atoms with Crippen molar-refractivity contribution in [3.8, 4) is 5.75 Å². The second-order valence-electron chi connectivity index (χ2n) is 4.43. The first kappa shape index (κ1) is 15.3. The summed E-state index contributed by atoms with van der Waals surface area (Å²) in [6.07, 6.45) is 1.84. The van der Waals surface area contributed by atoms with Crippen LogP contribution in [0.1, 0.15) is 32.3 Å². The van der Waals surface area contributed by atoms with Crippen LogP contribution in [0.4, 0.5) is 4.39 Å². The number of hydrogen-bond donors (Lipinski definition) is 1. The van der Waals surface area contributed by atoms with Gasteiger partial charge in [0.2, 0.25) is 0 Å². The van der Waals surface area contributed by atoms with Crippen LogP contribution < -0.4 is 10.1 Å². The lowest BCUT2D eigenvalue weighted by Gasteiger charge is -2.31. The third kappa shape index (κ3) is 3.59. The van der Waals surface area contributed by atoms with Crippen molar-refractivity contribution in [2.75, 3.05) is 13.0 Å². The van der Waals surface area contributed by atoms with Gasteiger partial charge in [0.15, 0.2) is 0 Å². The summed E-state index contributed by atoms with van der Waals surface area (Å²) in [6, 6.07) is 4.91. The molecule has 1 rings (SSSR count). The number of halogens is 2. The molecule has 0 heterocycles. The number of rotatable bonds is 7. The molecule has 0 aliphatic heterocycles. The second kappa shape index (κ2) is 6.95. The quantitative estimate of drug-likeness (QED) is 0.765. The van der Waals surface area contributed by atoms with Crippen LogP contribution in [0.25, 0.3) is 0 Å². The zero-order valence-corrected chi connectivity index (χ0v) is 12.0. The van der Waals surface area contributed by atoms with Gasteiger partial charge in [0, 0.05) is 29.6 Å². The van der Waals surface area contributed by atoms with E-state index in [0.717, 1.165) is 12.8 Å². The lowest BCUT2D eigenvalue weighted by Crippen LogP contribution is -2.45. The van der Waals surface area contributed by atoms with E-state index in [-0.39, 0.29) is 11.4 Å². The van der Waals surface area contributed by atoms with Gasteiger partial charge in [0.05, 0.1) is 7.11 Å². The Labute approximate surface area is 113 Å². The zero-order valence-electron chi connectivity index (χ0n) is 11.2. The molecule has 0 unspecified atom stereocenters. The summed E-state index contributed by atoms with van der Waals surface area (Å²) >= 11 is 6.00. The molecule has 1 aromatic rings. The van der Waals surface area contributed by atoms with Crippen molar-refractivity contribution in [3.63, 3.8) is 0 Å². The molecule has 0 radical (unpaired) electrons. The molecule has 102 valence electrons. The van der Waals surface area contributed by atoms with Crippen LogP contribution in [0, 0.1) is 5.82 Å². The number of benzene rings is 1. The summed E-state index contributed by atoms with van der Waals surface area (Å²) in [4.78, 5) is 0. The highest BCUT2D eigenvalue weighted by molar-refractivity contribution is 6.18.